The van der Waals surface area contributed by atoms with E-state index in [1.807, 2.05) is 13.8 Å². The highest BCUT2D eigenvalue weighted by Crippen LogP contribution is 2.23. The lowest BCUT2D eigenvalue weighted by atomic mass is 9.88. The number of rotatable bonds is 13. The molecule has 0 bridgehead atoms. The molecule has 4 heteroatoms. The molecule has 0 aromatic rings. The lowest BCUT2D eigenvalue weighted by Crippen LogP contribution is -2.21. The van der Waals surface area contributed by atoms with Gasteiger partial charge in [0.25, 0.3) is 0 Å². The predicted molar refractivity (Wildman–Crippen MR) is 118 cm³/mol. The smallest absolute Gasteiger partial charge is 0.333 e. The van der Waals surface area contributed by atoms with E-state index < -0.39 is 0 Å². The molecule has 0 aliphatic carbocycles. The van der Waals surface area contributed by atoms with Gasteiger partial charge in [-0.1, -0.05) is 74.5 Å². The van der Waals surface area contributed by atoms with Gasteiger partial charge in [0.2, 0.25) is 0 Å². The van der Waals surface area contributed by atoms with E-state index in [0.717, 1.165) is 25.7 Å². The Morgan fingerprint density at radius 3 is 2.14 bits per heavy atom. The van der Waals surface area contributed by atoms with Crippen LogP contribution in [0.25, 0.3) is 0 Å². The number of carbonyl (C=O) groups excluding carboxylic acids is 2. The van der Waals surface area contributed by atoms with Crippen LogP contribution in [0.1, 0.15) is 93.4 Å². The van der Waals surface area contributed by atoms with Gasteiger partial charge in [-0.2, -0.15) is 0 Å². The van der Waals surface area contributed by atoms with Gasteiger partial charge < -0.3 is 9.47 Å². The maximum Gasteiger partial charge on any atom is 0.333 e. The number of carbonyl (C=O) groups is 2. The van der Waals surface area contributed by atoms with Crippen LogP contribution in [0.3, 0.4) is 0 Å². The van der Waals surface area contributed by atoms with Gasteiger partial charge in [0.15, 0.2) is 0 Å². The van der Waals surface area contributed by atoms with Crippen LogP contribution in [-0.4, -0.2) is 24.6 Å². The van der Waals surface area contributed by atoms with Gasteiger partial charge in [-0.15, -0.1) is 0 Å². The molecular formula is C24H44O4. The maximum atomic E-state index is 11.5. The molecule has 0 aliphatic rings. The van der Waals surface area contributed by atoms with E-state index in [2.05, 4.69) is 47.8 Å². The van der Waals surface area contributed by atoms with Crippen LogP contribution >= 0.6 is 0 Å². The van der Waals surface area contributed by atoms with Crippen molar-refractivity contribution in [1.29, 1.82) is 0 Å². The first kappa shape index (κ1) is 28.6. The molecule has 1 unspecified atom stereocenters. The summed E-state index contributed by atoms with van der Waals surface area (Å²) >= 11 is 0. The van der Waals surface area contributed by atoms with Crippen LogP contribution in [0, 0.1) is 11.3 Å². The molecular weight excluding hydrogens is 352 g/mol. The summed E-state index contributed by atoms with van der Waals surface area (Å²) in [6, 6.07) is 0. The highest BCUT2D eigenvalue weighted by Gasteiger charge is 2.18. The van der Waals surface area contributed by atoms with Crippen molar-refractivity contribution < 1.29 is 19.1 Å². The Kier molecular flexibility index (Phi) is 16.7. The van der Waals surface area contributed by atoms with Gasteiger partial charge in [0, 0.05) is 11.6 Å². The summed E-state index contributed by atoms with van der Waals surface area (Å²) in [5.41, 5.74) is 0.660. The highest BCUT2D eigenvalue weighted by molar-refractivity contribution is 5.87. The monoisotopic (exact) mass is 396 g/mol. The molecule has 0 fully saturated rings. The van der Waals surface area contributed by atoms with E-state index >= 15 is 0 Å². The Morgan fingerprint density at radius 1 is 1.11 bits per heavy atom. The van der Waals surface area contributed by atoms with E-state index in [1.165, 1.54) is 18.9 Å². The van der Waals surface area contributed by atoms with Crippen LogP contribution in [-0.2, 0) is 19.1 Å². The molecule has 4 nitrogen and oxygen atoms in total. The average molecular weight is 397 g/mol. The summed E-state index contributed by atoms with van der Waals surface area (Å²) in [6.07, 6.45) is 8.32. The fourth-order valence-corrected chi connectivity index (χ4v) is 2.30. The van der Waals surface area contributed by atoms with Crippen LogP contribution in [0.2, 0.25) is 0 Å². The summed E-state index contributed by atoms with van der Waals surface area (Å²) in [6.45, 7) is 22.2. The Labute approximate surface area is 173 Å². The van der Waals surface area contributed by atoms with Crippen molar-refractivity contribution in [3.05, 3.63) is 24.8 Å². The second-order valence-corrected chi connectivity index (χ2v) is 8.44. The number of esters is 2. The van der Waals surface area contributed by atoms with Crippen LogP contribution in [0.5, 0.6) is 0 Å². The SMILES string of the molecule is C=C(CC)C(=O)OC(CC)CCC(C)C.C=CC(=O)OCC(C)(C)CCCC. The molecule has 0 amide bonds. The molecule has 28 heavy (non-hydrogen) atoms. The van der Waals surface area contributed by atoms with E-state index in [-0.39, 0.29) is 23.5 Å². The number of hydrogen-bond acceptors (Lipinski definition) is 4. The maximum absolute atomic E-state index is 11.5. The Morgan fingerprint density at radius 2 is 1.71 bits per heavy atom. The van der Waals surface area contributed by atoms with E-state index in [1.54, 1.807) is 0 Å². The topological polar surface area (TPSA) is 52.6 Å². The van der Waals surface area contributed by atoms with Crippen molar-refractivity contribution in [2.75, 3.05) is 6.61 Å². The Bertz CT molecular complexity index is 463. The van der Waals surface area contributed by atoms with Crippen molar-refractivity contribution >= 4 is 11.9 Å². The molecule has 0 saturated heterocycles. The zero-order chi connectivity index (χ0) is 22.2. The summed E-state index contributed by atoms with van der Waals surface area (Å²) in [4.78, 5) is 22.3. The average Bonchev–Trinajstić information content (AvgIpc) is 2.67. The first-order chi connectivity index (χ1) is 13.0. The van der Waals surface area contributed by atoms with Crippen molar-refractivity contribution in [3.8, 4) is 0 Å². The first-order valence-corrected chi connectivity index (χ1v) is 10.7. The normalized spacial score (nSPS) is 11.9. The second kappa shape index (κ2) is 16.4. The van der Waals surface area contributed by atoms with Crippen molar-refractivity contribution in [2.45, 2.75) is 99.5 Å². The fraction of sp³-hybridized carbons (Fsp3) is 0.750. The molecule has 0 N–H and O–H groups in total. The quantitative estimate of drug-likeness (QED) is 0.258. The Balaban J connectivity index is 0. The predicted octanol–water partition coefficient (Wildman–Crippen LogP) is 6.64. The molecule has 0 radical (unpaired) electrons. The summed E-state index contributed by atoms with van der Waals surface area (Å²) in [7, 11) is 0. The lowest BCUT2D eigenvalue weighted by molar-refractivity contribution is -0.145. The highest BCUT2D eigenvalue weighted by atomic mass is 16.5. The van der Waals surface area contributed by atoms with Crippen LogP contribution in [0.15, 0.2) is 24.8 Å². The van der Waals surface area contributed by atoms with Gasteiger partial charge >= 0.3 is 11.9 Å². The third-order valence-corrected chi connectivity index (χ3v) is 4.49. The first-order valence-electron chi connectivity index (χ1n) is 10.7. The van der Waals surface area contributed by atoms with Crippen molar-refractivity contribution in [2.24, 2.45) is 11.3 Å². The molecule has 0 heterocycles. The van der Waals surface area contributed by atoms with E-state index in [9.17, 15) is 9.59 Å². The molecule has 164 valence electrons. The second-order valence-electron chi connectivity index (χ2n) is 8.44. The number of unbranched alkanes of at least 4 members (excludes halogenated alkanes) is 1. The lowest BCUT2D eigenvalue weighted by Gasteiger charge is -2.23. The van der Waals surface area contributed by atoms with Gasteiger partial charge in [0.05, 0.1) is 6.61 Å². The van der Waals surface area contributed by atoms with Crippen molar-refractivity contribution in [1.82, 2.24) is 0 Å². The van der Waals surface area contributed by atoms with Gasteiger partial charge in [-0.05, 0) is 43.4 Å². The summed E-state index contributed by atoms with van der Waals surface area (Å²) < 4.78 is 10.4. The summed E-state index contributed by atoms with van der Waals surface area (Å²) in [5.74, 6) is 0.102. The van der Waals surface area contributed by atoms with Crippen LogP contribution < -0.4 is 0 Å². The molecule has 0 aliphatic heterocycles. The number of hydrogen-bond donors (Lipinski definition) is 0. The third-order valence-electron chi connectivity index (χ3n) is 4.49. The molecule has 0 rings (SSSR count). The minimum absolute atomic E-state index is 0.0585. The largest absolute Gasteiger partial charge is 0.462 e. The van der Waals surface area contributed by atoms with Gasteiger partial charge in [0.1, 0.15) is 6.10 Å². The minimum Gasteiger partial charge on any atom is -0.462 e. The molecule has 0 saturated carbocycles. The molecule has 0 spiro atoms. The van der Waals surface area contributed by atoms with E-state index in [0.29, 0.717) is 24.5 Å². The Hall–Kier alpha value is -1.58. The molecule has 1 atom stereocenters. The summed E-state index contributed by atoms with van der Waals surface area (Å²) in [5, 5.41) is 0. The molecule has 0 aromatic heterocycles. The zero-order valence-corrected chi connectivity index (χ0v) is 19.4. The van der Waals surface area contributed by atoms with Gasteiger partial charge in [-0.3, -0.25) is 0 Å². The minimum atomic E-state index is -0.329. The third kappa shape index (κ3) is 16.6. The van der Waals surface area contributed by atoms with Crippen LogP contribution in [0.4, 0.5) is 0 Å². The van der Waals surface area contributed by atoms with Crippen molar-refractivity contribution in [3.63, 3.8) is 0 Å². The number of ether oxygens (including phenoxy) is 2. The van der Waals surface area contributed by atoms with E-state index in [4.69, 9.17) is 9.47 Å². The zero-order valence-electron chi connectivity index (χ0n) is 19.4. The standard InChI is InChI=1S/C13H24O2.C11H20O2/c1-6-11(5)13(14)15-12(7-2)9-8-10(3)4;1-5-7-8-11(3,4)9-13-10(12)6-2/h10,12H,5-9H2,1-4H3;6H,2,5,7-9H2,1,3-4H3. The molecule has 0 aromatic carbocycles. The van der Waals surface area contributed by atoms with Gasteiger partial charge in [-0.25, -0.2) is 9.59 Å². The fourth-order valence-electron chi connectivity index (χ4n) is 2.30.